The highest BCUT2D eigenvalue weighted by Crippen LogP contribution is 2.23. The number of nitrogens with one attached hydrogen (secondary N) is 2. The SMILES string of the molecule is CCOC(=O)NNC(=O)c1cccc(S(=O)(=O)N(CC)c2ccccc2)c1. The molecule has 0 heterocycles. The van der Waals surface area contributed by atoms with Crippen molar-refractivity contribution in [3.63, 3.8) is 0 Å². The Balaban J connectivity index is 2.25. The maximum Gasteiger partial charge on any atom is 0.426 e. The Morgan fingerprint density at radius 2 is 1.70 bits per heavy atom. The molecular weight excluding hydrogens is 370 g/mol. The third-order valence-electron chi connectivity index (χ3n) is 3.57. The number of hydrogen-bond donors (Lipinski definition) is 2. The molecule has 0 aromatic heterocycles. The van der Waals surface area contributed by atoms with Crippen molar-refractivity contribution in [2.75, 3.05) is 17.5 Å². The van der Waals surface area contributed by atoms with E-state index in [1.165, 1.54) is 28.6 Å². The third kappa shape index (κ3) is 4.98. The lowest BCUT2D eigenvalue weighted by Gasteiger charge is -2.23. The summed E-state index contributed by atoms with van der Waals surface area (Å²) in [5.41, 5.74) is 4.85. The summed E-state index contributed by atoms with van der Waals surface area (Å²) in [6.07, 6.45) is -0.809. The van der Waals surface area contributed by atoms with Gasteiger partial charge in [0, 0.05) is 12.1 Å². The largest absolute Gasteiger partial charge is 0.449 e. The zero-order valence-corrected chi connectivity index (χ0v) is 15.8. The van der Waals surface area contributed by atoms with E-state index in [0.29, 0.717) is 5.69 Å². The van der Waals surface area contributed by atoms with Crippen LogP contribution in [-0.2, 0) is 14.8 Å². The minimum atomic E-state index is -3.86. The monoisotopic (exact) mass is 391 g/mol. The third-order valence-corrected chi connectivity index (χ3v) is 5.47. The molecule has 0 aliphatic heterocycles. The van der Waals surface area contributed by atoms with Gasteiger partial charge in [-0.05, 0) is 44.2 Å². The van der Waals surface area contributed by atoms with Crippen molar-refractivity contribution in [2.24, 2.45) is 0 Å². The molecule has 0 saturated heterocycles. The number of sulfonamides is 1. The van der Waals surface area contributed by atoms with E-state index in [9.17, 15) is 18.0 Å². The highest BCUT2D eigenvalue weighted by Gasteiger charge is 2.24. The van der Waals surface area contributed by atoms with Crippen LogP contribution in [0.4, 0.5) is 10.5 Å². The van der Waals surface area contributed by atoms with E-state index in [1.807, 2.05) is 0 Å². The number of hydrazine groups is 1. The summed E-state index contributed by atoms with van der Waals surface area (Å²) in [6.45, 7) is 3.74. The van der Waals surface area contributed by atoms with Gasteiger partial charge < -0.3 is 4.74 Å². The first-order valence-electron chi connectivity index (χ1n) is 8.31. The van der Waals surface area contributed by atoms with Crippen LogP contribution in [-0.4, -0.2) is 33.6 Å². The average Bonchev–Trinajstić information content (AvgIpc) is 2.67. The van der Waals surface area contributed by atoms with E-state index in [1.54, 1.807) is 44.2 Å². The van der Waals surface area contributed by atoms with Crippen LogP contribution in [0.15, 0.2) is 59.5 Å². The quantitative estimate of drug-likeness (QED) is 0.735. The van der Waals surface area contributed by atoms with E-state index in [-0.39, 0.29) is 23.6 Å². The van der Waals surface area contributed by atoms with Crippen LogP contribution in [0.5, 0.6) is 0 Å². The Hall–Kier alpha value is -3.07. The molecule has 0 atom stereocenters. The van der Waals surface area contributed by atoms with Crippen molar-refractivity contribution in [1.82, 2.24) is 10.9 Å². The van der Waals surface area contributed by atoms with Crippen molar-refractivity contribution in [3.8, 4) is 0 Å². The summed E-state index contributed by atoms with van der Waals surface area (Å²) in [7, 11) is -3.86. The number of nitrogens with zero attached hydrogens (tertiary/aromatic N) is 1. The molecule has 2 rings (SSSR count). The van der Waals surface area contributed by atoms with Crippen LogP contribution in [0.1, 0.15) is 24.2 Å². The van der Waals surface area contributed by atoms with Gasteiger partial charge in [-0.15, -0.1) is 0 Å². The summed E-state index contributed by atoms with van der Waals surface area (Å²) in [4.78, 5) is 23.4. The number of ether oxygens (including phenoxy) is 1. The minimum absolute atomic E-state index is 0.0306. The normalized spacial score (nSPS) is 10.7. The zero-order valence-electron chi connectivity index (χ0n) is 15.0. The number of carbonyl (C=O) groups is 2. The molecule has 9 heteroatoms. The molecule has 2 aromatic carbocycles. The topological polar surface area (TPSA) is 105 Å². The molecule has 144 valence electrons. The van der Waals surface area contributed by atoms with Gasteiger partial charge in [-0.25, -0.2) is 18.6 Å². The molecular formula is C18H21N3O5S. The van der Waals surface area contributed by atoms with Gasteiger partial charge in [0.2, 0.25) is 0 Å². The number of anilines is 1. The summed E-state index contributed by atoms with van der Waals surface area (Å²) in [5.74, 6) is -0.664. The molecule has 8 nitrogen and oxygen atoms in total. The van der Waals surface area contributed by atoms with Crippen LogP contribution < -0.4 is 15.2 Å². The van der Waals surface area contributed by atoms with E-state index in [0.717, 1.165) is 0 Å². The Bertz CT molecular complexity index is 900. The van der Waals surface area contributed by atoms with Crippen molar-refractivity contribution >= 4 is 27.7 Å². The summed E-state index contributed by atoms with van der Waals surface area (Å²) < 4.78 is 31.9. The predicted octanol–water partition coefficient (Wildman–Crippen LogP) is 2.29. The number of amides is 2. The fourth-order valence-corrected chi connectivity index (χ4v) is 3.88. The first kappa shape index (κ1) is 20.2. The highest BCUT2D eigenvalue weighted by atomic mass is 32.2. The predicted molar refractivity (Wildman–Crippen MR) is 101 cm³/mol. The molecule has 2 aromatic rings. The lowest BCUT2D eigenvalue weighted by atomic mass is 10.2. The van der Waals surface area contributed by atoms with Gasteiger partial charge in [0.1, 0.15) is 0 Å². The fraction of sp³-hybridized carbons (Fsp3) is 0.222. The van der Waals surface area contributed by atoms with Crippen molar-refractivity contribution in [3.05, 3.63) is 60.2 Å². The van der Waals surface area contributed by atoms with Gasteiger partial charge in [0.15, 0.2) is 0 Å². The Kier molecular flexibility index (Phi) is 6.78. The molecule has 0 spiro atoms. The van der Waals surface area contributed by atoms with Crippen LogP contribution in [0.3, 0.4) is 0 Å². The Labute approximate surface area is 158 Å². The first-order valence-corrected chi connectivity index (χ1v) is 9.75. The second kappa shape index (κ2) is 9.04. The number of benzene rings is 2. The molecule has 0 radical (unpaired) electrons. The van der Waals surface area contributed by atoms with Crippen molar-refractivity contribution < 1.29 is 22.7 Å². The number of carbonyl (C=O) groups excluding carboxylic acids is 2. The highest BCUT2D eigenvalue weighted by molar-refractivity contribution is 7.92. The van der Waals surface area contributed by atoms with Gasteiger partial charge in [-0.1, -0.05) is 24.3 Å². The zero-order chi connectivity index (χ0) is 19.9. The molecule has 0 saturated carbocycles. The van der Waals surface area contributed by atoms with Crippen LogP contribution in [0.2, 0.25) is 0 Å². The number of rotatable bonds is 6. The lowest BCUT2D eigenvalue weighted by molar-refractivity contribution is 0.0912. The minimum Gasteiger partial charge on any atom is -0.449 e. The van der Waals surface area contributed by atoms with Crippen LogP contribution in [0, 0.1) is 0 Å². The van der Waals surface area contributed by atoms with Crippen molar-refractivity contribution in [2.45, 2.75) is 18.7 Å². The molecule has 0 aliphatic rings. The molecule has 2 N–H and O–H groups in total. The molecule has 2 amide bonds. The van der Waals surface area contributed by atoms with Gasteiger partial charge in [0.05, 0.1) is 17.2 Å². The lowest BCUT2D eigenvalue weighted by Crippen LogP contribution is -2.42. The number of para-hydroxylation sites is 1. The van der Waals surface area contributed by atoms with E-state index < -0.39 is 22.0 Å². The fourth-order valence-electron chi connectivity index (χ4n) is 2.36. The maximum atomic E-state index is 13.0. The van der Waals surface area contributed by atoms with E-state index in [2.05, 4.69) is 15.6 Å². The Morgan fingerprint density at radius 1 is 1.00 bits per heavy atom. The summed E-state index contributed by atoms with van der Waals surface area (Å²) >= 11 is 0. The molecule has 0 fully saturated rings. The van der Waals surface area contributed by atoms with Crippen LogP contribution in [0.25, 0.3) is 0 Å². The first-order chi connectivity index (χ1) is 12.9. The summed E-state index contributed by atoms with van der Waals surface area (Å²) in [6, 6.07) is 14.3. The maximum absolute atomic E-state index is 13.0. The van der Waals surface area contributed by atoms with E-state index in [4.69, 9.17) is 0 Å². The molecule has 0 bridgehead atoms. The van der Waals surface area contributed by atoms with Gasteiger partial charge in [-0.3, -0.25) is 14.5 Å². The van der Waals surface area contributed by atoms with Crippen LogP contribution >= 0.6 is 0 Å². The van der Waals surface area contributed by atoms with Gasteiger partial charge in [0.25, 0.3) is 15.9 Å². The van der Waals surface area contributed by atoms with Crippen molar-refractivity contribution in [1.29, 1.82) is 0 Å². The van der Waals surface area contributed by atoms with E-state index >= 15 is 0 Å². The smallest absolute Gasteiger partial charge is 0.426 e. The summed E-state index contributed by atoms with van der Waals surface area (Å²) in [5, 5.41) is 0. The van der Waals surface area contributed by atoms with Gasteiger partial charge >= 0.3 is 6.09 Å². The second-order valence-electron chi connectivity index (χ2n) is 5.33. The Morgan fingerprint density at radius 3 is 2.33 bits per heavy atom. The molecule has 0 unspecified atom stereocenters. The standard InChI is InChI=1S/C18H21N3O5S/c1-3-21(15-10-6-5-7-11-15)27(24,25)16-12-8-9-14(13-16)17(22)19-20-18(23)26-4-2/h5-13H,3-4H2,1-2H3,(H,19,22)(H,20,23). The molecule has 27 heavy (non-hydrogen) atoms. The number of hydrogen-bond acceptors (Lipinski definition) is 5. The molecule has 0 aliphatic carbocycles. The average molecular weight is 391 g/mol. The second-order valence-corrected chi connectivity index (χ2v) is 7.20. The van der Waals surface area contributed by atoms with Gasteiger partial charge in [-0.2, -0.15) is 0 Å².